The zero-order valence-electron chi connectivity index (χ0n) is 16.7. The first-order chi connectivity index (χ1) is 13.3. The summed E-state index contributed by atoms with van der Waals surface area (Å²) in [5.74, 6) is 1.43. The summed E-state index contributed by atoms with van der Waals surface area (Å²) in [6, 6.07) is 2.08. The zero-order chi connectivity index (χ0) is 20.3. The molecule has 0 aliphatic heterocycles. The van der Waals surface area contributed by atoms with E-state index in [0.29, 0.717) is 23.9 Å². The van der Waals surface area contributed by atoms with Crippen molar-refractivity contribution in [1.82, 2.24) is 19.9 Å². The third-order valence-corrected chi connectivity index (χ3v) is 5.01. The second-order valence-corrected chi connectivity index (χ2v) is 7.88. The van der Waals surface area contributed by atoms with Gasteiger partial charge in [-0.15, -0.1) is 0 Å². The molecule has 28 heavy (non-hydrogen) atoms. The zero-order valence-corrected chi connectivity index (χ0v) is 16.7. The maximum Gasteiger partial charge on any atom is 0.220 e. The highest BCUT2D eigenvalue weighted by Crippen LogP contribution is 2.35. The lowest BCUT2D eigenvalue weighted by molar-refractivity contribution is -0.122. The van der Waals surface area contributed by atoms with Gasteiger partial charge in [0.05, 0.1) is 5.69 Å². The Bertz CT molecular complexity index is 899. The highest BCUT2D eigenvalue weighted by molar-refractivity contribution is 6.03. The Kier molecular flexibility index (Phi) is 5.96. The monoisotopic (exact) mass is 383 g/mol. The van der Waals surface area contributed by atoms with Crippen LogP contribution < -0.4 is 16.4 Å². The fourth-order valence-electron chi connectivity index (χ4n) is 3.79. The van der Waals surface area contributed by atoms with Crippen molar-refractivity contribution >= 4 is 23.1 Å². The number of aryl methyl sites for hydroxylation is 1. The lowest BCUT2D eigenvalue weighted by Gasteiger charge is -2.14. The summed E-state index contributed by atoms with van der Waals surface area (Å²) in [6.45, 7) is 5.85. The quantitative estimate of drug-likeness (QED) is 0.451. The van der Waals surface area contributed by atoms with E-state index in [0.717, 1.165) is 30.5 Å². The first-order valence-corrected chi connectivity index (χ1v) is 9.74. The normalized spacial score (nSPS) is 19.9. The number of nitrogens with two attached hydrogens (primary N) is 1. The standard InChI is InChI=1S/C20H29N7O/c1-12(2)24-19(28)10-14-4-5-15(9-14)16(21)11-18(22)25-20-17-8-13(3)26-27(17)7-6-23-20/h6-8,11-12,14-15H,4-5,9-10,21H2,1-3H3,(H,24,28)(H2,22,23,25)/b16-11-/t14-,15+/m1/s1. The van der Waals surface area contributed by atoms with Crippen molar-refractivity contribution in [2.75, 3.05) is 5.32 Å². The summed E-state index contributed by atoms with van der Waals surface area (Å²) in [4.78, 5) is 16.3. The predicted molar refractivity (Wildman–Crippen MR) is 110 cm³/mol. The number of hydrogen-bond donors (Lipinski definition) is 4. The molecule has 1 amide bonds. The minimum absolute atomic E-state index is 0.105. The molecule has 0 unspecified atom stereocenters. The van der Waals surface area contributed by atoms with Crippen molar-refractivity contribution in [3.8, 4) is 0 Å². The summed E-state index contributed by atoms with van der Waals surface area (Å²) >= 11 is 0. The lowest BCUT2D eigenvalue weighted by Crippen LogP contribution is -2.31. The number of rotatable bonds is 6. The number of carbonyl (C=O) groups is 1. The average Bonchev–Trinajstić information content (AvgIpc) is 3.20. The van der Waals surface area contributed by atoms with Gasteiger partial charge in [0.15, 0.2) is 5.82 Å². The molecule has 1 saturated carbocycles. The smallest absolute Gasteiger partial charge is 0.220 e. The van der Waals surface area contributed by atoms with E-state index in [-0.39, 0.29) is 23.7 Å². The molecule has 3 rings (SSSR count). The van der Waals surface area contributed by atoms with Gasteiger partial charge in [-0.1, -0.05) is 0 Å². The molecule has 5 N–H and O–H groups in total. The van der Waals surface area contributed by atoms with E-state index in [1.165, 1.54) is 0 Å². The number of amidine groups is 1. The second kappa shape index (κ2) is 8.41. The van der Waals surface area contributed by atoms with Gasteiger partial charge in [-0.05, 0) is 64.0 Å². The van der Waals surface area contributed by atoms with Gasteiger partial charge in [0.2, 0.25) is 5.91 Å². The minimum atomic E-state index is 0.105. The Balaban J connectivity index is 1.59. The summed E-state index contributed by atoms with van der Waals surface area (Å²) < 4.78 is 1.73. The van der Waals surface area contributed by atoms with E-state index in [9.17, 15) is 4.79 Å². The number of hydrogen-bond acceptors (Lipinski definition) is 5. The molecule has 1 aliphatic rings. The van der Waals surface area contributed by atoms with Crippen molar-refractivity contribution in [1.29, 1.82) is 5.41 Å². The number of fused-ring (bicyclic) bond motifs is 1. The van der Waals surface area contributed by atoms with Gasteiger partial charge < -0.3 is 16.4 Å². The van der Waals surface area contributed by atoms with Crippen molar-refractivity contribution < 1.29 is 4.79 Å². The van der Waals surface area contributed by atoms with Crippen LogP contribution in [0, 0.1) is 24.2 Å². The van der Waals surface area contributed by atoms with E-state index in [2.05, 4.69) is 20.7 Å². The fraction of sp³-hybridized carbons (Fsp3) is 0.500. The molecule has 0 bridgehead atoms. The van der Waals surface area contributed by atoms with Crippen LogP contribution in [0.15, 0.2) is 30.2 Å². The minimum Gasteiger partial charge on any atom is -0.402 e. The first kappa shape index (κ1) is 19.9. The van der Waals surface area contributed by atoms with Gasteiger partial charge in [-0.3, -0.25) is 10.2 Å². The van der Waals surface area contributed by atoms with Gasteiger partial charge in [-0.2, -0.15) is 5.10 Å². The van der Waals surface area contributed by atoms with Crippen LogP contribution in [0.3, 0.4) is 0 Å². The third-order valence-electron chi connectivity index (χ3n) is 5.01. The van der Waals surface area contributed by atoms with Crippen LogP contribution in [0.1, 0.15) is 45.2 Å². The third kappa shape index (κ3) is 4.88. The lowest BCUT2D eigenvalue weighted by atomic mass is 9.99. The van der Waals surface area contributed by atoms with Crippen molar-refractivity contribution in [3.05, 3.63) is 35.9 Å². The van der Waals surface area contributed by atoms with Gasteiger partial charge in [-0.25, -0.2) is 9.50 Å². The SMILES string of the molecule is Cc1cc2c(NC(=N)/C=C(\N)[C@H]3CC[C@@H](CC(=O)NC(C)C)C3)nccn2n1. The molecule has 0 radical (unpaired) electrons. The maximum absolute atomic E-state index is 12.0. The first-order valence-electron chi connectivity index (χ1n) is 9.74. The Morgan fingerprint density at radius 1 is 1.46 bits per heavy atom. The van der Waals surface area contributed by atoms with Crippen LogP contribution in [0.4, 0.5) is 5.82 Å². The Labute approximate surface area is 165 Å². The summed E-state index contributed by atoms with van der Waals surface area (Å²) in [7, 11) is 0. The summed E-state index contributed by atoms with van der Waals surface area (Å²) in [5, 5.41) is 18.5. The van der Waals surface area contributed by atoms with E-state index < -0.39 is 0 Å². The molecule has 2 aromatic heterocycles. The van der Waals surface area contributed by atoms with E-state index in [4.69, 9.17) is 11.1 Å². The number of amides is 1. The highest BCUT2D eigenvalue weighted by atomic mass is 16.1. The Morgan fingerprint density at radius 2 is 2.25 bits per heavy atom. The van der Waals surface area contributed by atoms with Crippen LogP contribution in [0.25, 0.3) is 5.52 Å². The van der Waals surface area contributed by atoms with Gasteiger partial charge >= 0.3 is 0 Å². The molecule has 0 saturated heterocycles. The molecule has 0 aromatic carbocycles. The van der Waals surface area contributed by atoms with Crippen molar-refractivity contribution in [2.45, 2.75) is 52.5 Å². The van der Waals surface area contributed by atoms with E-state index >= 15 is 0 Å². The summed E-state index contributed by atoms with van der Waals surface area (Å²) in [6.07, 6.45) is 8.45. The van der Waals surface area contributed by atoms with Crippen LogP contribution in [-0.2, 0) is 4.79 Å². The molecule has 2 heterocycles. The highest BCUT2D eigenvalue weighted by Gasteiger charge is 2.28. The van der Waals surface area contributed by atoms with E-state index in [1.54, 1.807) is 23.0 Å². The maximum atomic E-state index is 12.0. The Hall–Kier alpha value is -2.90. The topological polar surface area (TPSA) is 121 Å². The van der Waals surface area contributed by atoms with E-state index in [1.807, 2.05) is 26.8 Å². The average molecular weight is 384 g/mol. The largest absolute Gasteiger partial charge is 0.402 e. The van der Waals surface area contributed by atoms with Crippen LogP contribution >= 0.6 is 0 Å². The number of carbonyl (C=O) groups excluding carboxylic acids is 1. The molecular weight excluding hydrogens is 354 g/mol. The van der Waals surface area contributed by atoms with Crippen LogP contribution in [0.5, 0.6) is 0 Å². The molecule has 0 spiro atoms. The fourth-order valence-corrected chi connectivity index (χ4v) is 3.79. The summed E-state index contributed by atoms with van der Waals surface area (Å²) in [5.41, 5.74) is 8.65. The molecule has 1 aliphatic carbocycles. The number of allylic oxidation sites excluding steroid dienone is 1. The molecular formula is C20H29N7O. The van der Waals surface area contributed by atoms with Crippen LogP contribution in [-0.4, -0.2) is 32.4 Å². The van der Waals surface area contributed by atoms with Gasteiger partial charge in [0, 0.05) is 30.6 Å². The number of anilines is 1. The number of nitrogens with zero attached hydrogens (tertiary/aromatic N) is 3. The predicted octanol–water partition coefficient (Wildman–Crippen LogP) is 2.60. The number of aromatic nitrogens is 3. The number of nitrogens with one attached hydrogen (secondary N) is 3. The van der Waals surface area contributed by atoms with Gasteiger partial charge in [0.25, 0.3) is 0 Å². The molecule has 2 aromatic rings. The van der Waals surface area contributed by atoms with Gasteiger partial charge in [0.1, 0.15) is 11.4 Å². The van der Waals surface area contributed by atoms with Crippen molar-refractivity contribution in [2.24, 2.45) is 17.6 Å². The molecule has 8 heteroatoms. The van der Waals surface area contributed by atoms with Crippen LogP contribution in [0.2, 0.25) is 0 Å². The molecule has 8 nitrogen and oxygen atoms in total. The second-order valence-electron chi connectivity index (χ2n) is 7.88. The molecule has 2 atom stereocenters. The Morgan fingerprint density at radius 3 is 3.00 bits per heavy atom. The molecule has 1 fully saturated rings. The van der Waals surface area contributed by atoms with Crippen molar-refractivity contribution in [3.63, 3.8) is 0 Å². The molecule has 150 valence electrons.